The Balaban J connectivity index is 2.09. The monoisotopic (exact) mass is 345 g/mol. The molecule has 3 aromatic rings. The van der Waals surface area contributed by atoms with Crippen molar-refractivity contribution in [2.24, 2.45) is 0 Å². The van der Waals surface area contributed by atoms with Gasteiger partial charge in [-0.1, -0.05) is 0 Å². The quantitative estimate of drug-likeness (QED) is 0.724. The van der Waals surface area contributed by atoms with Crippen LogP contribution in [-0.4, -0.2) is 40.7 Å². The van der Waals surface area contributed by atoms with Crippen LogP contribution in [-0.2, 0) is 0 Å². The van der Waals surface area contributed by atoms with Gasteiger partial charge in [-0.3, -0.25) is 14.0 Å². The Morgan fingerprint density at radius 2 is 2.12 bits per heavy atom. The standard InChI is InChI=1S/C16H15N3O4S/c1-23-11-4-2-10(3-5-11)13-9-24-16-18-8-12(15(22)19(13)16)14(21)17-6-7-20/h2-5,8-9,20H,6-7H2,1H3,(H,17,21). The molecule has 0 atom stereocenters. The molecule has 0 bridgehead atoms. The van der Waals surface area contributed by atoms with Crippen molar-refractivity contribution in [3.8, 4) is 17.0 Å². The Bertz CT molecular complexity index is 931. The Hall–Kier alpha value is -2.71. The third kappa shape index (κ3) is 2.89. The van der Waals surface area contributed by atoms with Crippen LogP contribution in [0.2, 0.25) is 0 Å². The highest BCUT2D eigenvalue weighted by Gasteiger charge is 2.16. The van der Waals surface area contributed by atoms with Crippen molar-refractivity contribution >= 4 is 22.2 Å². The molecule has 2 heterocycles. The maximum Gasteiger partial charge on any atom is 0.271 e. The summed E-state index contributed by atoms with van der Waals surface area (Å²) in [6.45, 7) is -0.117. The molecule has 1 aromatic carbocycles. The second-order valence-corrected chi connectivity index (χ2v) is 5.76. The molecule has 0 saturated heterocycles. The number of thiazole rings is 1. The van der Waals surface area contributed by atoms with Gasteiger partial charge in [0, 0.05) is 18.1 Å². The van der Waals surface area contributed by atoms with Crippen molar-refractivity contribution in [2.75, 3.05) is 20.3 Å². The number of fused-ring (bicyclic) bond motifs is 1. The van der Waals surface area contributed by atoms with E-state index in [4.69, 9.17) is 9.84 Å². The van der Waals surface area contributed by atoms with Crippen LogP contribution in [0.4, 0.5) is 0 Å². The average Bonchev–Trinajstić information content (AvgIpc) is 3.05. The van der Waals surface area contributed by atoms with Gasteiger partial charge in [-0.15, -0.1) is 11.3 Å². The van der Waals surface area contributed by atoms with Crippen LogP contribution in [0.3, 0.4) is 0 Å². The highest BCUT2D eigenvalue weighted by atomic mass is 32.1. The SMILES string of the molecule is COc1ccc(-c2csc3ncc(C(=O)NCCO)c(=O)n23)cc1. The summed E-state index contributed by atoms with van der Waals surface area (Å²) >= 11 is 1.32. The van der Waals surface area contributed by atoms with Gasteiger partial charge in [0.1, 0.15) is 11.3 Å². The molecule has 0 radical (unpaired) electrons. The molecule has 0 aliphatic heterocycles. The van der Waals surface area contributed by atoms with Gasteiger partial charge in [-0.2, -0.15) is 0 Å². The van der Waals surface area contributed by atoms with Crippen molar-refractivity contribution in [3.63, 3.8) is 0 Å². The number of aromatic nitrogens is 2. The number of nitrogens with one attached hydrogen (secondary N) is 1. The van der Waals surface area contributed by atoms with Gasteiger partial charge in [0.2, 0.25) is 0 Å². The van der Waals surface area contributed by atoms with Crippen molar-refractivity contribution in [2.45, 2.75) is 0 Å². The Morgan fingerprint density at radius 1 is 1.38 bits per heavy atom. The highest BCUT2D eigenvalue weighted by Crippen LogP contribution is 2.25. The normalized spacial score (nSPS) is 10.8. The van der Waals surface area contributed by atoms with Gasteiger partial charge in [0.05, 0.1) is 19.4 Å². The number of rotatable bonds is 5. The lowest BCUT2D eigenvalue weighted by Crippen LogP contribution is -2.33. The Morgan fingerprint density at radius 3 is 2.79 bits per heavy atom. The number of benzene rings is 1. The maximum absolute atomic E-state index is 12.7. The fourth-order valence-electron chi connectivity index (χ4n) is 2.28. The minimum atomic E-state index is -0.553. The van der Waals surface area contributed by atoms with Crippen molar-refractivity contribution < 1.29 is 14.6 Å². The van der Waals surface area contributed by atoms with E-state index in [1.54, 1.807) is 19.2 Å². The first-order valence-corrected chi connectivity index (χ1v) is 8.06. The molecule has 24 heavy (non-hydrogen) atoms. The lowest BCUT2D eigenvalue weighted by Gasteiger charge is -2.06. The van der Waals surface area contributed by atoms with Crippen molar-refractivity contribution in [1.29, 1.82) is 0 Å². The summed E-state index contributed by atoms with van der Waals surface area (Å²) in [6, 6.07) is 7.28. The highest BCUT2D eigenvalue weighted by molar-refractivity contribution is 7.15. The predicted molar refractivity (Wildman–Crippen MR) is 90.7 cm³/mol. The van der Waals surface area contributed by atoms with Gasteiger partial charge in [-0.25, -0.2) is 4.98 Å². The summed E-state index contributed by atoms with van der Waals surface area (Å²) in [5.74, 6) is 0.163. The summed E-state index contributed by atoms with van der Waals surface area (Å²) in [4.78, 5) is 29.4. The van der Waals surface area contributed by atoms with E-state index < -0.39 is 11.5 Å². The minimum absolute atomic E-state index is 0.0610. The summed E-state index contributed by atoms with van der Waals surface area (Å²) in [5.41, 5.74) is 0.974. The molecule has 2 N–H and O–H groups in total. The van der Waals surface area contributed by atoms with E-state index in [9.17, 15) is 9.59 Å². The predicted octanol–water partition coefficient (Wildman–Crippen LogP) is 1.15. The molecule has 1 amide bonds. The minimum Gasteiger partial charge on any atom is -0.497 e. The van der Waals surface area contributed by atoms with Gasteiger partial charge >= 0.3 is 0 Å². The zero-order valence-corrected chi connectivity index (χ0v) is 13.7. The first-order valence-electron chi connectivity index (χ1n) is 7.18. The van der Waals surface area contributed by atoms with Gasteiger partial charge in [0.25, 0.3) is 11.5 Å². The van der Waals surface area contributed by atoms with E-state index in [0.29, 0.717) is 16.4 Å². The molecule has 0 unspecified atom stereocenters. The first kappa shape index (κ1) is 16.2. The summed E-state index contributed by atoms with van der Waals surface area (Å²) < 4.78 is 6.55. The number of nitrogens with zero attached hydrogens (tertiary/aromatic N) is 2. The zero-order valence-electron chi connectivity index (χ0n) is 12.9. The molecule has 124 valence electrons. The van der Waals surface area contributed by atoms with Crippen LogP contribution in [0.25, 0.3) is 16.2 Å². The molecule has 0 spiro atoms. The number of methoxy groups -OCH3 is 1. The fraction of sp³-hybridized carbons (Fsp3) is 0.188. The van der Waals surface area contributed by atoms with E-state index in [2.05, 4.69) is 10.3 Å². The van der Waals surface area contributed by atoms with E-state index in [0.717, 1.165) is 5.56 Å². The Labute approximate surface area is 141 Å². The number of hydrogen-bond donors (Lipinski definition) is 2. The molecule has 0 fully saturated rings. The van der Waals surface area contributed by atoms with Crippen LogP contribution < -0.4 is 15.6 Å². The van der Waals surface area contributed by atoms with E-state index in [1.807, 2.05) is 17.5 Å². The average molecular weight is 345 g/mol. The molecule has 0 saturated carbocycles. The summed E-state index contributed by atoms with van der Waals surface area (Å²) in [5, 5.41) is 13.1. The number of carbonyl (C=O) groups is 1. The topological polar surface area (TPSA) is 92.9 Å². The second-order valence-electron chi connectivity index (χ2n) is 4.92. The number of hydrogen-bond acceptors (Lipinski definition) is 6. The summed E-state index contributed by atoms with van der Waals surface area (Å²) in [7, 11) is 1.58. The lowest BCUT2D eigenvalue weighted by molar-refractivity contribution is 0.0943. The van der Waals surface area contributed by atoms with Crippen LogP contribution in [0.15, 0.2) is 40.6 Å². The molecule has 0 aliphatic rings. The Kier molecular flexibility index (Phi) is 4.59. The second kappa shape index (κ2) is 6.81. The van der Waals surface area contributed by atoms with Crippen LogP contribution >= 0.6 is 11.3 Å². The van der Waals surface area contributed by atoms with Crippen LogP contribution in [0.5, 0.6) is 5.75 Å². The molecule has 2 aromatic heterocycles. The lowest BCUT2D eigenvalue weighted by atomic mass is 10.1. The van der Waals surface area contributed by atoms with E-state index in [1.165, 1.54) is 21.9 Å². The molecule has 7 nitrogen and oxygen atoms in total. The van der Waals surface area contributed by atoms with Gasteiger partial charge in [0.15, 0.2) is 4.96 Å². The molecule has 3 rings (SSSR count). The van der Waals surface area contributed by atoms with Crippen LogP contribution in [0.1, 0.15) is 10.4 Å². The molecular weight excluding hydrogens is 330 g/mol. The first-order chi connectivity index (χ1) is 11.7. The number of aliphatic hydroxyl groups is 1. The van der Waals surface area contributed by atoms with Gasteiger partial charge in [-0.05, 0) is 29.8 Å². The largest absolute Gasteiger partial charge is 0.497 e. The number of carbonyl (C=O) groups excluding carboxylic acids is 1. The maximum atomic E-state index is 12.7. The van der Waals surface area contributed by atoms with E-state index >= 15 is 0 Å². The number of aliphatic hydroxyl groups excluding tert-OH is 1. The molecular formula is C16H15N3O4S. The summed E-state index contributed by atoms with van der Waals surface area (Å²) in [6.07, 6.45) is 1.26. The van der Waals surface area contributed by atoms with Crippen molar-refractivity contribution in [1.82, 2.24) is 14.7 Å². The number of amides is 1. The third-order valence-corrected chi connectivity index (χ3v) is 4.31. The fourth-order valence-corrected chi connectivity index (χ4v) is 3.13. The van der Waals surface area contributed by atoms with Gasteiger partial charge < -0.3 is 15.2 Å². The molecule has 0 aliphatic carbocycles. The zero-order chi connectivity index (χ0) is 17.1. The van der Waals surface area contributed by atoms with E-state index in [-0.39, 0.29) is 18.7 Å². The van der Waals surface area contributed by atoms with Crippen LogP contribution in [0, 0.1) is 0 Å². The smallest absolute Gasteiger partial charge is 0.271 e. The third-order valence-electron chi connectivity index (χ3n) is 3.47. The van der Waals surface area contributed by atoms with Crippen molar-refractivity contribution in [3.05, 3.63) is 51.8 Å². The molecule has 8 heteroatoms. The number of ether oxygens (including phenoxy) is 1.